The third kappa shape index (κ3) is 3.36. The lowest BCUT2D eigenvalue weighted by molar-refractivity contribution is 1.19. The topological polar surface area (TPSA) is 12.0 Å². The van der Waals surface area contributed by atoms with Crippen molar-refractivity contribution in [1.82, 2.24) is 0 Å². The standard InChI is InChI=1S/C11H9ClINS/c12-11-5-4-10(15-11)7-14-9-3-1-2-8(13)6-9/h1-6,14H,7H2. The van der Waals surface area contributed by atoms with E-state index in [1.165, 1.54) is 8.45 Å². The van der Waals surface area contributed by atoms with Crippen LogP contribution in [0.15, 0.2) is 36.4 Å². The third-order valence-corrected chi connectivity index (χ3v) is 3.82. The first-order chi connectivity index (χ1) is 7.24. The second kappa shape index (κ2) is 5.18. The van der Waals surface area contributed by atoms with E-state index in [1.54, 1.807) is 11.3 Å². The van der Waals surface area contributed by atoms with Gasteiger partial charge in [-0.25, -0.2) is 0 Å². The molecule has 1 aromatic heterocycles. The molecule has 0 bridgehead atoms. The maximum Gasteiger partial charge on any atom is 0.0931 e. The summed E-state index contributed by atoms with van der Waals surface area (Å²) in [4.78, 5) is 1.25. The van der Waals surface area contributed by atoms with Crippen LogP contribution in [0, 0.1) is 3.57 Å². The summed E-state index contributed by atoms with van der Waals surface area (Å²) >= 11 is 9.77. The first kappa shape index (κ1) is 11.2. The van der Waals surface area contributed by atoms with E-state index < -0.39 is 0 Å². The fourth-order valence-electron chi connectivity index (χ4n) is 1.23. The second-order valence-corrected chi connectivity index (χ2v) is 6.11. The zero-order valence-corrected chi connectivity index (χ0v) is 11.6. The largest absolute Gasteiger partial charge is 0.380 e. The fourth-order valence-corrected chi connectivity index (χ4v) is 2.80. The maximum atomic E-state index is 5.86. The number of halogens is 2. The molecule has 1 N–H and O–H groups in total. The molecule has 1 aromatic carbocycles. The van der Waals surface area contributed by atoms with E-state index in [9.17, 15) is 0 Å². The summed E-state index contributed by atoms with van der Waals surface area (Å²) in [5, 5.41) is 3.36. The lowest BCUT2D eigenvalue weighted by atomic mass is 10.3. The zero-order valence-electron chi connectivity index (χ0n) is 7.84. The SMILES string of the molecule is Clc1ccc(CNc2cccc(I)c2)s1. The minimum absolute atomic E-state index is 0.831. The molecule has 0 aliphatic rings. The second-order valence-electron chi connectivity index (χ2n) is 3.07. The molecule has 1 heterocycles. The van der Waals surface area contributed by atoms with Gasteiger partial charge in [-0.05, 0) is 52.9 Å². The van der Waals surface area contributed by atoms with Crippen LogP contribution in [0.5, 0.6) is 0 Å². The predicted octanol–water partition coefficient (Wildman–Crippen LogP) is 4.62. The smallest absolute Gasteiger partial charge is 0.0931 e. The molecule has 0 amide bonds. The summed E-state index contributed by atoms with van der Waals surface area (Å²) < 4.78 is 2.08. The maximum absolute atomic E-state index is 5.86. The van der Waals surface area contributed by atoms with Gasteiger partial charge in [0, 0.05) is 20.7 Å². The van der Waals surface area contributed by atoms with Gasteiger partial charge in [0.1, 0.15) is 0 Å². The summed E-state index contributed by atoms with van der Waals surface area (Å²) in [6, 6.07) is 12.3. The number of anilines is 1. The van der Waals surface area contributed by atoms with E-state index in [4.69, 9.17) is 11.6 Å². The van der Waals surface area contributed by atoms with Crippen LogP contribution in [0.3, 0.4) is 0 Å². The molecular formula is C11H9ClINS. The van der Waals surface area contributed by atoms with Gasteiger partial charge in [-0.2, -0.15) is 0 Å². The molecule has 2 rings (SSSR count). The molecule has 0 saturated carbocycles. The van der Waals surface area contributed by atoms with Crippen molar-refractivity contribution in [3.63, 3.8) is 0 Å². The van der Waals surface area contributed by atoms with E-state index in [2.05, 4.69) is 46.1 Å². The van der Waals surface area contributed by atoms with Crippen LogP contribution in [0.1, 0.15) is 4.88 Å². The number of benzene rings is 1. The van der Waals surface area contributed by atoms with E-state index in [0.717, 1.165) is 16.6 Å². The number of hydrogen-bond donors (Lipinski definition) is 1. The van der Waals surface area contributed by atoms with Crippen molar-refractivity contribution in [2.45, 2.75) is 6.54 Å². The average Bonchev–Trinajstić information content (AvgIpc) is 2.62. The Labute approximate surface area is 112 Å². The Balaban J connectivity index is 1.99. The first-order valence-electron chi connectivity index (χ1n) is 4.48. The van der Waals surface area contributed by atoms with E-state index in [1.807, 2.05) is 18.2 Å². The van der Waals surface area contributed by atoms with Crippen molar-refractivity contribution in [3.8, 4) is 0 Å². The van der Waals surface area contributed by atoms with Gasteiger partial charge in [0.05, 0.1) is 4.34 Å². The Hall–Kier alpha value is -0.260. The van der Waals surface area contributed by atoms with Gasteiger partial charge in [0.25, 0.3) is 0 Å². The Morgan fingerprint density at radius 1 is 1.27 bits per heavy atom. The van der Waals surface area contributed by atoms with Crippen molar-refractivity contribution < 1.29 is 0 Å². The molecule has 2 aromatic rings. The van der Waals surface area contributed by atoms with Crippen molar-refractivity contribution in [2.75, 3.05) is 5.32 Å². The summed E-state index contributed by atoms with van der Waals surface area (Å²) in [5.41, 5.74) is 1.14. The van der Waals surface area contributed by atoms with E-state index in [0.29, 0.717) is 0 Å². The van der Waals surface area contributed by atoms with Gasteiger partial charge in [-0.15, -0.1) is 11.3 Å². The molecular weight excluding hydrogens is 341 g/mol. The van der Waals surface area contributed by atoms with Crippen molar-refractivity contribution >= 4 is 51.2 Å². The molecule has 0 aliphatic heterocycles. The van der Waals surface area contributed by atoms with Gasteiger partial charge >= 0.3 is 0 Å². The van der Waals surface area contributed by atoms with Crippen LogP contribution in [0.2, 0.25) is 4.34 Å². The van der Waals surface area contributed by atoms with E-state index in [-0.39, 0.29) is 0 Å². The molecule has 0 spiro atoms. The highest BCUT2D eigenvalue weighted by molar-refractivity contribution is 14.1. The van der Waals surface area contributed by atoms with Crippen molar-refractivity contribution in [1.29, 1.82) is 0 Å². The van der Waals surface area contributed by atoms with Crippen LogP contribution < -0.4 is 5.32 Å². The highest BCUT2D eigenvalue weighted by Crippen LogP contribution is 2.22. The number of rotatable bonds is 3. The Kier molecular flexibility index (Phi) is 3.88. The highest BCUT2D eigenvalue weighted by atomic mass is 127. The monoisotopic (exact) mass is 349 g/mol. The molecule has 0 atom stereocenters. The molecule has 0 fully saturated rings. The van der Waals surface area contributed by atoms with Gasteiger partial charge in [-0.1, -0.05) is 17.7 Å². The normalized spacial score (nSPS) is 10.3. The fraction of sp³-hybridized carbons (Fsp3) is 0.0909. The molecule has 0 saturated heterocycles. The summed E-state index contributed by atoms with van der Waals surface area (Å²) in [7, 11) is 0. The number of thiophene rings is 1. The van der Waals surface area contributed by atoms with Gasteiger partial charge in [0.2, 0.25) is 0 Å². The minimum Gasteiger partial charge on any atom is -0.380 e. The Morgan fingerprint density at radius 3 is 2.80 bits per heavy atom. The summed E-state index contributed by atoms with van der Waals surface area (Å²) in [6.45, 7) is 0.831. The quantitative estimate of drug-likeness (QED) is 0.797. The van der Waals surface area contributed by atoms with Gasteiger partial charge in [-0.3, -0.25) is 0 Å². The molecule has 0 unspecified atom stereocenters. The first-order valence-corrected chi connectivity index (χ1v) is 6.75. The Morgan fingerprint density at radius 2 is 2.13 bits per heavy atom. The van der Waals surface area contributed by atoms with Gasteiger partial charge < -0.3 is 5.32 Å². The molecule has 78 valence electrons. The molecule has 0 radical (unpaired) electrons. The molecule has 1 nitrogen and oxygen atoms in total. The third-order valence-electron chi connectivity index (χ3n) is 1.92. The highest BCUT2D eigenvalue weighted by Gasteiger charge is 1.98. The van der Waals surface area contributed by atoms with Crippen LogP contribution in [-0.4, -0.2) is 0 Å². The van der Waals surface area contributed by atoms with Crippen molar-refractivity contribution in [2.24, 2.45) is 0 Å². The number of hydrogen-bond acceptors (Lipinski definition) is 2. The summed E-state index contributed by atoms with van der Waals surface area (Å²) in [5.74, 6) is 0. The zero-order chi connectivity index (χ0) is 10.7. The van der Waals surface area contributed by atoms with Crippen LogP contribution >= 0.6 is 45.5 Å². The van der Waals surface area contributed by atoms with Gasteiger partial charge in [0.15, 0.2) is 0 Å². The van der Waals surface area contributed by atoms with Crippen LogP contribution in [-0.2, 0) is 6.54 Å². The van der Waals surface area contributed by atoms with Crippen molar-refractivity contribution in [3.05, 3.63) is 49.2 Å². The molecule has 15 heavy (non-hydrogen) atoms. The number of nitrogens with one attached hydrogen (secondary N) is 1. The lowest BCUT2D eigenvalue weighted by Crippen LogP contribution is -1.96. The average molecular weight is 350 g/mol. The Bertz CT molecular complexity index is 455. The summed E-state index contributed by atoms with van der Waals surface area (Å²) in [6.07, 6.45) is 0. The minimum atomic E-state index is 0.831. The molecule has 0 aliphatic carbocycles. The van der Waals surface area contributed by atoms with Crippen LogP contribution in [0.4, 0.5) is 5.69 Å². The van der Waals surface area contributed by atoms with E-state index >= 15 is 0 Å². The lowest BCUT2D eigenvalue weighted by Gasteiger charge is -2.04. The van der Waals surface area contributed by atoms with Crippen LogP contribution in [0.25, 0.3) is 0 Å². The molecule has 4 heteroatoms. The predicted molar refractivity (Wildman–Crippen MR) is 75.8 cm³/mol.